The van der Waals surface area contributed by atoms with Crippen LogP contribution in [0, 0.1) is 0 Å². The van der Waals surface area contributed by atoms with Crippen LogP contribution in [0.1, 0.15) is 35.1 Å². The van der Waals surface area contributed by atoms with Gasteiger partial charge in [0.1, 0.15) is 19.0 Å². The monoisotopic (exact) mass is 725 g/mol. The molecule has 5 aromatic rings. The number of aromatic amines is 1. The van der Waals surface area contributed by atoms with E-state index in [1.165, 1.54) is 14.2 Å². The molecule has 0 fully saturated rings. The number of aromatic nitrogens is 1. The number of aryl methyl sites for hydroxylation is 1. The van der Waals surface area contributed by atoms with E-state index < -0.39 is 43.8 Å². The van der Waals surface area contributed by atoms with E-state index in [4.69, 9.17) is 23.5 Å². The second-order valence-electron chi connectivity index (χ2n) is 12.2. The molecule has 4 aromatic carbocycles. The van der Waals surface area contributed by atoms with Crippen molar-refractivity contribution in [2.45, 2.75) is 56.8 Å². The van der Waals surface area contributed by atoms with Crippen molar-refractivity contribution in [2.24, 2.45) is 4.99 Å². The number of benzene rings is 4. The average Bonchev–Trinajstić information content (AvgIpc) is 3.59. The third-order valence-corrected chi connectivity index (χ3v) is 10.8. The summed E-state index contributed by atoms with van der Waals surface area (Å²) in [5.41, 5.74) is 4.28. The number of nitrogens with zero attached hydrogens (tertiary/aromatic N) is 1. The van der Waals surface area contributed by atoms with Crippen LogP contribution < -0.4 is 5.32 Å². The number of para-hydroxylation sites is 1. The zero-order valence-corrected chi connectivity index (χ0v) is 30.1. The van der Waals surface area contributed by atoms with Crippen molar-refractivity contribution in [1.29, 1.82) is 0 Å². The number of H-pyrrole nitrogens is 1. The lowest BCUT2D eigenvalue weighted by atomic mass is 10.0. The summed E-state index contributed by atoms with van der Waals surface area (Å²) in [5, 5.41) is 14.3. The van der Waals surface area contributed by atoms with Crippen molar-refractivity contribution in [1.82, 2.24) is 10.3 Å². The van der Waals surface area contributed by atoms with Gasteiger partial charge in [0.05, 0.1) is 12.5 Å². The van der Waals surface area contributed by atoms with E-state index in [2.05, 4.69) is 10.3 Å². The van der Waals surface area contributed by atoms with Crippen LogP contribution in [0.25, 0.3) is 10.9 Å². The number of carbonyl (C=O) groups excluding carboxylic acids is 1. The van der Waals surface area contributed by atoms with Gasteiger partial charge in [-0.05, 0) is 41.2 Å². The molecule has 52 heavy (non-hydrogen) atoms. The number of carbonyl (C=O) groups is 2. The summed E-state index contributed by atoms with van der Waals surface area (Å²) in [7, 11) is -1.25. The molecule has 272 valence electrons. The quantitative estimate of drug-likeness (QED) is 0.0345. The Morgan fingerprint density at radius 2 is 1.35 bits per heavy atom. The van der Waals surface area contributed by atoms with E-state index in [0.717, 1.165) is 33.2 Å². The first kappa shape index (κ1) is 38.2. The zero-order chi connectivity index (χ0) is 36.8. The summed E-state index contributed by atoms with van der Waals surface area (Å²) in [6.45, 7) is 0.0419. The lowest BCUT2D eigenvalue weighted by Crippen LogP contribution is -2.46. The van der Waals surface area contributed by atoms with Crippen LogP contribution in [-0.4, -0.2) is 60.0 Å². The number of aliphatic imine (C=N–C) groups is 1. The van der Waals surface area contributed by atoms with E-state index in [0.29, 0.717) is 6.42 Å². The van der Waals surface area contributed by atoms with Gasteiger partial charge in [0.15, 0.2) is 6.04 Å². The predicted molar refractivity (Wildman–Crippen MR) is 200 cm³/mol. The van der Waals surface area contributed by atoms with Gasteiger partial charge < -0.3 is 28.6 Å². The molecule has 3 N–H and O–H groups in total. The van der Waals surface area contributed by atoms with Crippen molar-refractivity contribution >= 4 is 36.3 Å². The summed E-state index contributed by atoms with van der Waals surface area (Å²) in [4.78, 5) is 34.5. The number of fused-ring (bicyclic) bond motifs is 1. The Hall–Kier alpha value is -5.06. The molecule has 11 nitrogen and oxygen atoms in total. The Labute approximate surface area is 303 Å². The van der Waals surface area contributed by atoms with Gasteiger partial charge in [-0.15, -0.1) is 0 Å². The summed E-state index contributed by atoms with van der Waals surface area (Å²) in [6, 6.07) is 33.6. The highest BCUT2D eigenvalue weighted by molar-refractivity contribution is 7.54. The van der Waals surface area contributed by atoms with Crippen molar-refractivity contribution in [2.75, 3.05) is 14.2 Å². The molecule has 12 heteroatoms. The molecule has 3 unspecified atom stereocenters. The number of aliphatic carboxylic acids is 1. The van der Waals surface area contributed by atoms with Gasteiger partial charge in [0.25, 0.3) is 0 Å². The third-order valence-electron chi connectivity index (χ3n) is 8.61. The first-order valence-electron chi connectivity index (χ1n) is 17.0. The lowest BCUT2D eigenvalue weighted by Gasteiger charge is -2.30. The van der Waals surface area contributed by atoms with Crippen molar-refractivity contribution in [3.63, 3.8) is 0 Å². The van der Waals surface area contributed by atoms with Crippen LogP contribution in [0.15, 0.2) is 126 Å². The van der Waals surface area contributed by atoms with Crippen LogP contribution in [0.5, 0.6) is 0 Å². The Balaban J connectivity index is 1.55. The molecule has 0 saturated carbocycles. The molecule has 1 heterocycles. The smallest absolute Gasteiger partial charge is 0.346 e. The number of carboxylic acid groups (broad SMARTS) is 1. The minimum absolute atomic E-state index is 0.0169. The maximum absolute atomic E-state index is 14.0. The van der Waals surface area contributed by atoms with E-state index in [-0.39, 0.29) is 32.0 Å². The van der Waals surface area contributed by atoms with Crippen molar-refractivity contribution in [3.05, 3.63) is 144 Å². The first-order valence-corrected chi connectivity index (χ1v) is 18.6. The standard InChI is InChI=1S/C40H44N3O8P/c1-48-52(47,49-2)37(23-22-29-14-6-3-7-15-29)42-35(25-38(44)45)39(50-27-30-16-8-4-9-17-30)43-36(40(46)51-28-31-18-10-5-11-19-31)24-32-26-41-34-21-13-12-20-33(32)34/h3-21,26,35-37,41-42H,22-25,27-28H2,1-2H3,(H,44,45). The molecule has 0 aliphatic carbocycles. The SMILES string of the molecule is COP(=O)(OC)C(CCc1ccccc1)NC(CC(=O)O)C(=NC(Cc1c[nH]c2ccccc12)C(=O)OCc1ccccc1)OCc1ccccc1. The van der Waals surface area contributed by atoms with E-state index in [1.807, 2.05) is 121 Å². The summed E-state index contributed by atoms with van der Waals surface area (Å²) < 4.78 is 36.9. The molecule has 3 atom stereocenters. The Kier molecular flexibility index (Phi) is 13.9. The first-order chi connectivity index (χ1) is 25.3. The number of nitrogens with one attached hydrogen (secondary N) is 2. The van der Waals surface area contributed by atoms with Gasteiger partial charge in [-0.3, -0.25) is 14.7 Å². The number of esters is 1. The second-order valence-corrected chi connectivity index (χ2v) is 14.6. The number of hydrogen-bond donors (Lipinski definition) is 3. The van der Waals surface area contributed by atoms with Gasteiger partial charge >= 0.3 is 19.5 Å². The van der Waals surface area contributed by atoms with E-state index in [1.54, 1.807) is 0 Å². The average molecular weight is 726 g/mol. The molecule has 1 aromatic heterocycles. The molecule has 0 saturated heterocycles. The van der Waals surface area contributed by atoms with Crippen molar-refractivity contribution in [3.8, 4) is 0 Å². The fourth-order valence-electron chi connectivity index (χ4n) is 5.86. The summed E-state index contributed by atoms with van der Waals surface area (Å²) in [6.07, 6.45) is 2.19. The molecule has 0 radical (unpaired) electrons. The molecule has 0 amide bonds. The van der Waals surface area contributed by atoms with E-state index in [9.17, 15) is 19.3 Å². The van der Waals surface area contributed by atoms with Crippen LogP contribution in [0.3, 0.4) is 0 Å². The molecule has 0 spiro atoms. The highest BCUT2D eigenvalue weighted by atomic mass is 31.2. The van der Waals surface area contributed by atoms with Crippen LogP contribution in [-0.2, 0) is 58.7 Å². The number of hydrogen-bond acceptors (Lipinski definition) is 9. The minimum Gasteiger partial charge on any atom is -0.481 e. The molecule has 0 bridgehead atoms. The Morgan fingerprint density at radius 3 is 1.94 bits per heavy atom. The van der Waals surface area contributed by atoms with Gasteiger partial charge in [-0.2, -0.15) is 0 Å². The van der Waals surface area contributed by atoms with Crippen molar-refractivity contribution < 1.29 is 37.8 Å². The molecule has 0 aliphatic heterocycles. The van der Waals surface area contributed by atoms with Crippen LogP contribution in [0.4, 0.5) is 0 Å². The molecule has 5 rings (SSSR count). The maximum atomic E-state index is 14.0. The number of rotatable bonds is 19. The highest BCUT2D eigenvalue weighted by Gasteiger charge is 2.38. The van der Waals surface area contributed by atoms with Gasteiger partial charge in [0.2, 0.25) is 5.90 Å². The Bertz CT molecular complexity index is 1950. The molecule has 0 aliphatic rings. The minimum atomic E-state index is -3.82. The molecular weight excluding hydrogens is 681 g/mol. The number of ether oxygens (including phenoxy) is 2. The second kappa shape index (κ2) is 19.0. The Morgan fingerprint density at radius 1 is 0.788 bits per heavy atom. The predicted octanol–water partition coefficient (Wildman–Crippen LogP) is 7.32. The topological polar surface area (TPSA) is 149 Å². The third kappa shape index (κ3) is 10.7. The van der Waals surface area contributed by atoms with Gasteiger partial charge in [0, 0.05) is 37.7 Å². The number of carboxylic acids is 1. The fraction of sp³-hybridized carbons (Fsp3) is 0.275. The van der Waals surface area contributed by atoms with Crippen LogP contribution >= 0.6 is 7.60 Å². The van der Waals surface area contributed by atoms with Crippen LogP contribution in [0.2, 0.25) is 0 Å². The fourth-order valence-corrected chi connectivity index (χ4v) is 7.33. The summed E-state index contributed by atoms with van der Waals surface area (Å²) in [5.74, 6) is -2.81. The van der Waals surface area contributed by atoms with E-state index >= 15 is 0 Å². The van der Waals surface area contributed by atoms with Gasteiger partial charge in [-0.25, -0.2) is 9.79 Å². The highest BCUT2D eigenvalue weighted by Crippen LogP contribution is 2.52. The largest absolute Gasteiger partial charge is 0.481 e. The normalized spacial score (nSPS) is 13.7. The zero-order valence-electron chi connectivity index (χ0n) is 29.2. The summed E-state index contributed by atoms with van der Waals surface area (Å²) >= 11 is 0. The molecular formula is C40H44N3O8P. The maximum Gasteiger partial charge on any atom is 0.346 e. The lowest BCUT2D eigenvalue weighted by molar-refractivity contribution is -0.146. The van der Waals surface area contributed by atoms with Gasteiger partial charge in [-0.1, -0.05) is 109 Å².